The van der Waals surface area contributed by atoms with E-state index >= 15 is 0 Å². The number of hydrogen-bond donors (Lipinski definition) is 2. The maximum absolute atomic E-state index is 8.63. The van der Waals surface area contributed by atoms with Crippen LogP contribution < -0.4 is 0 Å². The summed E-state index contributed by atoms with van der Waals surface area (Å²) in [6, 6.07) is 0. The second-order valence-electron chi connectivity index (χ2n) is 2.18. The number of aliphatic hydroxyl groups excluding tert-OH is 1. The minimum Gasteiger partial charge on any atom is -0.388 e. The van der Waals surface area contributed by atoms with Crippen LogP contribution in [0.15, 0.2) is 0 Å². The third-order valence-electron chi connectivity index (χ3n) is 1.42. The highest BCUT2D eigenvalue weighted by molar-refractivity contribution is 4.91. The van der Waals surface area contributed by atoms with E-state index in [1.807, 2.05) is 6.92 Å². The Hall–Kier alpha value is -0.940. The van der Waals surface area contributed by atoms with Crippen LogP contribution >= 0.6 is 0 Å². The van der Waals surface area contributed by atoms with Gasteiger partial charge in [-0.2, -0.15) is 5.10 Å². The minimum absolute atomic E-state index is 0.122. The average molecular weight is 157 g/mol. The van der Waals surface area contributed by atoms with E-state index in [0.29, 0.717) is 11.6 Å². The molecule has 0 aliphatic rings. The van der Waals surface area contributed by atoms with Crippen molar-refractivity contribution < 1.29 is 9.84 Å². The van der Waals surface area contributed by atoms with E-state index in [9.17, 15) is 0 Å². The van der Waals surface area contributed by atoms with Crippen LogP contribution in [0.1, 0.15) is 24.7 Å². The summed E-state index contributed by atoms with van der Waals surface area (Å²) >= 11 is 0. The molecule has 2 N–H and O–H groups in total. The van der Waals surface area contributed by atoms with Gasteiger partial charge in [0.05, 0.1) is 0 Å². The number of aromatic amines is 1. The molecule has 1 unspecified atom stereocenters. The van der Waals surface area contributed by atoms with Gasteiger partial charge in [0.1, 0.15) is 18.5 Å². The van der Waals surface area contributed by atoms with Crippen LogP contribution in [0.25, 0.3) is 0 Å². The lowest BCUT2D eigenvalue weighted by atomic mass is 10.4. The highest BCUT2D eigenvalue weighted by Gasteiger charge is 2.09. The Bertz CT molecular complexity index is 223. The molecule has 0 aliphatic heterocycles. The number of methoxy groups -OCH3 is 1. The van der Waals surface area contributed by atoms with E-state index in [1.165, 1.54) is 0 Å². The monoisotopic (exact) mass is 157 g/mol. The Morgan fingerprint density at radius 1 is 1.73 bits per heavy atom. The van der Waals surface area contributed by atoms with Crippen LogP contribution in [-0.4, -0.2) is 27.4 Å². The fourth-order valence-corrected chi connectivity index (χ4v) is 0.668. The minimum atomic E-state index is -0.133. The van der Waals surface area contributed by atoms with Crippen LogP contribution in [0.4, 0.5) is 0 Å². The Morgan fingerprint density at radius 3 is 2.91 bits per heavy atom. The summed E-state index contributed by atoms with van der Waals surface area (Å²) in [5, 5.41) is 15.0. The summed E-state index contributed by atoms with van der Waals surface area (Å²) in [4.78, 5) is 3.96. The number of rotatable bonds is 3. The smallest absolute Gasteiger partial charge is 0.179 e. The van der Waals surface area contributed by atoms with Crippen molar-refractivity contribution in [3.63, 3.8) is 0 Å². The van der Waals surface area contributed by atoms with Crippen LogP contribution in [0.5, 0.6) is 0 Å². The van der Waals surface area contributed by atoms with Gasteiger partial charge in [0.15, 0.2) is 5.82 Å². The molecule has 0 aromatic carbocycles. The van der Waals surface area contributed by atoms with Gasteiger partial charge in [0, 0.05) is 7.11 Å². The maximum atomic E-state index is 8.63. The average Bonchev–Trinajstić information content (AvgIpc) is 2.50. The maximum Gasteiger partial charge on any atom is 0.179 e. The number of hydrogen-bond acceptors (Lipinski definition) is 4. The molecule has 5 nitrogen and oxygen atoms in total. The zero-order valence-corrected chi connectivity index (χ0v) is 6.53. The van der Waals surface area contributed by atoms with Gasteiger partial charge in [-0.25, -0.2) is 4.98 Å². The molecule has 0 saturated carbocycles. The normalized spacial score (nSPS) is 13.4. The molecular weight excluding hydrogens is 146 g/mol. The topological polar surface area (TPSA) is 71.0 Å². The van der Waals surface area contributed by atoms with Crippen molar-refractivity contribution in [1.29, 1.82) is 0 Å². The van der Waals surface area contributed by atoms with Crippen molar-refractivity contribution in [3.8, 4) is 0 Å². The number of nitrogens with zero attached hydrogens (tertiary/aromatic N) is 2. The van der Waals surface area contributed by atoms with E-state index in [0.717, 1.165) is 0 Å². The van der Waals surface area contributed by atoms with Gasteiger partial charge in [-0.3, -0.25) is 5.10 Å². The van der Waals surface area contributed by atoms with Crippen molar-refractivity contribution in [2.75, 3.05) is 7.11 Å². The Balaban J connectivity index is 2.71. The predicted octanol–water partition coefficient (Wildman–Crippen LogP) is 0.00440. The lowest BCUT2D eigenvalue weighted by Crippen LogP contribution is -1.98. The highest BCUT2D eigenvalue weighted by Crippen LogP contribution is 2.09. The van der Waals surface area contributed by atoms with Crippen molar-refractivity contribution in [1.82, 2.24) is 15.2 Å². The molecule has 0 saturated heterocycles. The van der Waals surface area contributed by atoms with E-state index in [1.54, 1.807) is 7.11 Å². The van der Waals surface area contributed by atoms with Crippen molar-refractivity contribution in [3.05, 3.63) is 11.6 Å². The van der Waals surface area contributed by atoms with Gasteiger partial charge in [0.25, 0.3) is 0 Å². The molecule has 0 radical (unpaired) electrons. The molecule has 62 valence electrons. The molecule has 1 atom stereocenters. The lowest BCUT2D eigenvalue weighted by molar-refractivity contribution is 0.112. The van der Waals surface area contributed by atoms with E-state index < -0.39 is 0 Å². The quantitative estimate of drug-likeness (QED) is 0.648. The first-order valence-corrected chi connectivity index (χ1v) is 3.32. The zero-order chi connectivity index (χ0) is 8.27. The molecular formula is C6H11N3O2. The molecule has 1 aromatic heterocycles. The number of nitrogens with one attached hydrogen (secondary N) is 1. The highest BCUT2D eigenvalue weighted by atomic mass is 16.5. The zero-order valence-electron chi connectivity index (χ0n) is 6.53. The number of aromatic nitrogens is 3. The van der Waals surface area contributed by atoms with Gasteiger partial charge >= 0.3 is 0 Å². The van der Waals surface area contributed by atoms with Crippen LogP contribution in [0.2, 0.25) is 0 Å². The third-order valence-corrected chi connectivity index (χ3v) is 1.42. The Labute approximate surface area is 64.4 Å². The first-order valence-electron chi connectivity index (χ1n) is 3.32. The van der Waals surface area contributed by atoms with E-state index in [4.69, 9.17) is 9.84 Å². The molecule has 0 spiro atoms. The van der Waals surface area contributed by atoms with Gasteiger partial charge in [-0.15, -0.1) is 0 Å². The second kappa shape index (κ2) is 3.45. The summed E-state index contributed by atoms with van der Waals surface area (Å²) in [6.45, 7) is 1.72. The Morgan fingerprint density at radius 2 is 2.45 bits per heavy atom. The number of aliphatic hydroxyl groups is 1. The van der Waals surface area contributed by atoms with E-state index in [-0.39, 0.29) is 12.7 Å². The van der Waals surface area contributed by atoms with Crippen molar-refractivity contribution >= 4 is 0 Å². The molecule has 1 aromatic rings. The van der Waals surface area contributed by atoms with Crippen LogP contribution in [0, 0.1) is 0 Å². The molecule has 0 amide bonds. The number of ether oxygens (including phenoxy) is 1. The molecule has 0 aliphatic carbocycles. The van der Waals surface area contributed by atoms with Gasteiger partial charge in [0.2, 0.25) is 0 Å². The molecule has 1 heterocycles. The van der Waals surface area contributed by atoms with Crippen molar-refractivity contribution in [2.24, 2.45) is 0 Å². The largest absolute Gasteiger partial charge is 0.388 e. The molecule has 0 bridgehead atoms. The fourth-order valence-electron chi connectivity index (χ4n) is 0.668. The molecule has 0 fully saturated rings. The number of H-pyrrole nitrogens is 1. The second-order valence-corrected chi connectivity index (χ2v) is 2.18. The summed E-state index contributed by atoms with van der Waals surface area (Å²) in [7, 11) is 1.58. The predicted molar refractivity (Wildman–Crippen MR) is 37.7 cm³/mol. The van der Waals surface area contributed by atoms with E-state index in [2.05, 4.69) is 15.2 Å². The fraction of sp³-hybridized carbons (Fsp3) is 0.667. The van der Waals surface area contributed by atoms with Gasteiger partial charge in [-0.05, 0) is 6.92 Å². The Kier molecular flexibility index (Phi) is 2.56. The van der Waals surface area contributed by atoms with Crippen LogP contribution in [-0.2, 0) is 11.3 Å². The third kappa shape index (κ3) is 1.75. The standard InChI is InChI=1S/C6H11N3O2/c1-4(11-2)6-7-5(3-10)8-9-6/h4,10H,3H2,1-2H3,(H,7,8,9). The summed E-state index contributed by atoms with van der Waals surface area (Å²) in [6.07, 6.45) is -0.133. The molecule has 5 heteroatoms. The SMILES string of the molecule is COC(C)c1n[nH]c(CO)n1. The summed E-state index contributed by atoms with van der Waals surface area (Å²) in [5.41, 5.74) is 0. The van der Waals surface area contributed by atoms with Gasteiger partial charge in [-0.1, -0.05) is 0 Å². The molecule has 11 heavy (non-hydrogen) atoms. The summed E-state index contributed by atoms with van der Waals surface area (Å²) in [5.74, 6) is 1.03. The molecule has 1 rings (SSSR count). The lowest BCUT2D eigenvalue weighted by Gasteiger charge is -2.01. The van der Waals surface area contributed by atoms with Crippen molar-refractivity contribution in [2.45, 2.75) is 19.6 Å². The first-order chi connectivity index (χ1) is 5.27. The van der Waals surface area contributed by atoms with Gasteiger partial charge < -0.3 is 9.84 Å². The van der Waals surface area contributed by atoms with Crippen LogP contribution in [0.3, 0.4) is 0 Å². The summed E-state index contributed by atoms with van der Waals surface area (Å²) < 4.78 is 4.97. The first kappa shape index (κ1) is 8.16.